The number of likely N-dealkylation sites (tertiary alicyclic amines) is 1. The maximum atomic E-state index is 12.6. The van der Waals surface area contributed by atoms with Gasteiger partial charge in [-0.3, -0.25) is 9.48 Å². The van der Waals surface area contributed by atoms with E-state index in [0.29, 0.717) is 11.4 Å². The Morgan fingerprint density at radius 2 is 1.79 bits per heavy atom. The van der Waals surface area contributed by atoms with E-state index in [1.807, 2.05) is 11.8 Å². The van der Waals surface area contributed by atoms with E-state index < -0.39 is 0 Å². The number of amides is 1. The summed E-state index contributed by atoms with van der Waals surface area (Å²) >= 11 is 0. The van der Waals surface area contributed by atoms with Crippen molar-refractivity contribution in [2.24, 2.45) is 7.05 Å². The van der Waals surface area contributed by atoms with Crippen LogP contribution in [0.3, 0.4) is 0 Å². The van der Waals surface area contributed by atoms with Gasteiger partial charge >= 0.3 is 0 Å². The van der Waals surface area contributed by atoms with E-state index >= 15 is 0 Å². The zero-order chi connectivity index (χ0) is 13.8. The largest absolute Gasteiger partial charge is 0.395 e. The van der Waals surface area contributed by atoms with E-state index in [-0.39, 0.29) is 5.91 Å². The predicted molar refractivity (Wildman–Crippen MR) is 76.0 cm³/mol. The fraction of sp³-hybridized carbons (Fsp3) is 0.714. The SMILES string of the molecule is CCc1nn(C)c(C(=O)N2CCCCCCC2)c1N. The van der Waals surface area contributed by atoms with Crippen molar-refractivity contribution >= 4 is 11.6 Å². The molecule has 2 N–H and O–H groups in total. The molecule has 1 aliphatic heterocycles. The molecule has 1 aliphatic rings. The van der Waals surface area contributed by atoms with E-state index in [1.165, 1.54) is 19.3 Å². The van der Waals surface area contributed by atoms with Crippen LogP contribution in [0.1, 0.15) is 55.2 Å². The molecule has 1 amide bonds. The van der Waals surface area contributed by atoms with Crippen LogP contribution in [0.15, 0.2) is 0 Å². The third-order valence-corrected chi connectivity index (χ3v) is 3.84. The smallest absolute Gasteiger partial charge is 0.274 e. The normalized spacial score (nSPS) is 17.1. The molecule has 0 atom stereocenters. The second-order valence-electron chi connectivity index (χ2n) is 5.25. The summed E-state index contributed by atoms with van der Waals surface area (Å²) in [6, 6.07) is 0. The van der Waals surface area contributed by atoms with Gasteiger partial charge in [0.25, 0.3) is 5.91 Å². The van der Waals surface area contributed by atoms with Crippen LogP contribution in [-0.2, 0) is 13.5 Å². The van der Waals surface area contributed by atoms with E-state index in [4.69, 9.17) is 5.73 Å². The van der Waals surface area contributed by atoms with Gasteiger partial charge in [-0.1, -0.05) is 26.2 Å². The summed E-state index contributed by atoms with van der Waals surface area (Å²) < 4.78 is 1.63. The minimum absolute atomic E-state index is 0.0362. The molecule has 0 saturated carbocycles. The highest BCUT2D eigenvalue weighted by molar-refractivity contribution is 5.98. The van der Waals surface area contributed by atoms with E-state index in [0.717, 1.165) is 38.0 Å². The van der Waals surface area contributed by atoms with Crippen LogP contribution in [-0.4, -0.2) is 33.7 Å². The number of aromatic nitrogens is 2. The molecule has 0 bridgehead atoms. The molecule has 0 radical (unpaired) electrons. The summed E-state index contributed by atoms with van der Waals surface area (Å²) in [6.07, 6.45) is 6.65. The minimum Gasteiger partial charge on any atom is -0.395 e. The number of nitrogen functional groups attached to an aromatic ring is 1. The number of carbonyl (C=O) groups is 1. The van der Waals surface area contributed by atoms with Gasteiger partial charge in [-0.05, 0) is 19.3 Å². The fourth-order valence-corrected chi connectivity index (χ4v) is 2.71. The zero-order valence-corrected chi connectivity index (χ0v) is 12.0. The zero-order valence-electron chi connectivity index (χ0n) is 12.0. The number of anilines is 1. The molecule has 1 aromatic heterocycles. The molecular formula is C14H24N4O. The first-order chi connectivity index (χ1) is 9.15. The number of rotatable bonds is 2. The van der Waals surface area contributed by atoms with Crippen molar-refractivity contribution < 1.29 is 4.79 Å². The van der Waals surface area contributed by atoms with Crippen molar-refractivity contribution in [1.82, 2.24) is 14.7 Å². The molecule has 0 aromatic carbocycles. The van der Waals surface area contributed by atoms with Crippen molar-refractivity contribution in [2.45, 2.75) is 45.4 Å². The highest BCUT2D eigenvalue weighted by Gasteiger charge is 2.24. The standard InChI is InChI=1S/C14H24N4O/c1-3-11-12(15)13(17(2)16-11)14(19)18-9-7-5-4-6-8-10-18/h3-10,15H2,1-2H3. The second kappa shape index (κ2) is 6.08. The molecule has 2 rings (SSSR count). The van der Waals surface area contributed by atoms with Crippen molar-refractivity contribution in [2.75, 3.05) is 18.8 Å². The minimum atomic E-state index is 0.0362. The molecule has 0 spiro atoms. The number of carbonyl (C=O) groups excluding carboxylic acids is 1. The lowest BCUT2D eigenvalue weighted by Gasteiger charge is -2.24. The van der Waals surface area contributed by atoms with Gasteiger partial charge in [0, 0.05) is 20.1 Å². The van der Waals surface area contributed by atoms with Gasteiger partial charge in [0.1, 0.15) is 5.69 Å². The maximum absolute atomic E-state index is 12.6. The molecule has 106 valence electrons. The fourth-order valence-electron chi connectivity index (χ4n) is 2.71. The second-order valence-corrected chi connectivity index (χ2v) is 5.25. The van der Waals surface area contributed by atoms with Crippen LogP contribution in [0.5, 0.6) is 0 Å². The Balaban J connectivity index is 2.20. The summed E-state index contributed by atoms with van der Waals surface area (Å²) in [5, 5.41) is 4.33. The molecule has 0 aliphatic carbocycles. The van der Waals surface area contributed by atoms with Crippen LogP contribution in [0.2, 0.25) is 0 Å². The molecule has 1 fully saturated rings. The summed E-state index contributed by atoms with van der Waals surface area (Å²) in [6.45, 7) is 3.68. The first-order valence-corrected chi connectivity index (χ1v) is 7.25. The van der Waals surface area contributed by atoms with Gasteiger partial charge in [0.2, 0.25) is 0 Å². The Kier molecular flexibility index (Phi) is 4.45. The topological polar surface area (TPSA) is 64.2 Å². The van der Waals surface area contributed by atoms with Gasteiger partial charge < -0.3 is 10.6 Å². The van der Waals surface area contributed by atoms with Crippen LogP contribution >= 0.6 is 0 Å². The number of nitrogens with two attached hydrogens (primary N) is 1. The van der Waals surface area contributed by atoms with Crippen LogP contribution < -0.4 is 5.73 Å². The van der Waals surface area contributed by atoms with Crippen molar-refractivity contribution in [3.63, 3.8) is 0 Å². The molecular weight excluding hydrogens is 240 g/mol. The number of hydrogen-bond acceptors (Lipinski definition) is 3. The van der Waals surface area contributed by atoms with Crippen LogP contribution in [0, 0.1) is 0 Å². The predicted octanol–water partition coefficient (Wildman–Crippen LogP) is 1.97. The van der Waals surface area contributed by atoms with Crippen molar-refractivity contribution in [3.05, 3.63) is 11.4 Å². The van der Waals surface area contributed by atoms with Crippen LogP contribution in [0.25, 0.3) is 0 Å². The third kappa shape index (κ3) is 2.91. The Bertz CT molecular complexity index is 445. The summed E-state index contributed by atoms with van der Waals surface area (Å²) in [7, 11) is 1.80. The lowest BCUT2D eigenvalue weighted by atomic mass is 10.1. The van der Waals surface area contributed by atoms with E-state index in [9.17, 15) is 4.79 Å². The number of nitrogens with zero attached hydrogens (tertiary/aromatic N) is 3. The first kappa shape index (κ1) is 13.9. The summed E-state index contributed by atoms with van der Waals surface area (Å²) in [5.74, 6) is 0.0362. The van der Waals surface area contributed by atoms with Gasteiger partial charge in [-0.2, -0.15) is 5.10 Å². The number of aryl methyl sites for hydroxylation is 2. The molecule has 1 saturated heterocycles. The highest BCUT2D eigenvalue weighted by atomic mass is 16.2. The lowest BCUT2D eigenvalue weighted by molar-refractivity contribution is 0.0732. The summed E-state index contributed by atoms with van der Waals surface area (Å²) in [4.78, 5) is 14.6. The van der Waals surface area contributed by atoms with E-state index in [1.54, 1.807) is 11.7 Å². The Hall–Kier alpha value is -1.52. The molecule has 0 unspecified atom stereocenters. The van der Waals surface area contributed by atoms with E-state index in [2.05, 4.69) is 5.10 Å². The maximum Gasteiger partial charge on any atom is 0.274 e. The molecule has 5 nitrogen and oxygen atoms in total. The molecule has 5 heteroatoms. The van der Waals surface area contributed by atoms with Gasteiger partial charge in [0.05, 0.1) is 11.4 Å². The van der Waals surface area contributed by atoms with Gasteiger partial charge in [0.15, 0.2) is 0 Å². The van der Waals surface area contributed by atoms with Gasteiger partial charge in [-0.25, -0.2) is 0 Å². The van der Waals surface area contributed by atoms with Gasteiger partial charge in [-0.15, -0.1) is 0 Å². The Morgan fingerprint density at radius 3 is 2.32 bits per heavy atom. The monoisotopic (exact) mass is 264 g/mol. The third-order valence-electron chi connectivity index (χ3n) is 3.84. The average molecular weight is 264 g/mol. The van der Waals surface area contributed by atoms with Crippen molar-refractivity contribution in [3.8, 4) is 0 Å². The molecule has 2 heterocycles. The summed E-state index contributed by atoms with van der Waals surface area (Å²) in [5.41, 5.74) is 7.98. The Morgan fingerprint density at radius 1 is 1.21 bits per heavy atom. The lowest BCUT2D eigenvalue weighted by Crippen LogP contribution is -2.35. The molecule has 1 aromatic rings. The van der Waals surface area contributed by atoms with Crippen LogP contribution in [0.4, 0.5) is 5.69 Å². The van der Waals surface area contributed by atoms with Crippen molar-refractivity contribution in [1.29, 1.82) is 0 Å². The number of hydrogen-bond donors (Lipinski definition) is 1. The quantitative estimate of drug-likeness (QED) is 0.888. The Labute approximate surface area is 114 Å². The average Bonchev–Trinajstić information content (AvgIpc) is 2.63. The molecule has 19 heavy (non-hydrogen) atoms. The highest BCUT2D eigenvalue weighted by Crippen LogP contribution is 2.20. The first-order valence-electron chi connectivity index (χ1n) is 7.25.